The van der Waals surface area contributed by atoms with Gasteiger partial charge in [0.25, 0.3) is 5.91 Å². The van der Waals surface area contributed by atoms with Crippen molar-refractivity contribution < 1.29 is 23.6 Å². The fourth-order valence-electron chi connectivity index (χ4n) is 3.66. The fourth-order valence-corrected chi connectivity index (χ4v) is 3.66. The zero-order valence-corrected chi connectivity index (χ0v) is 17.5. The van der Waals surface area contributed by atoms with Gasteiger partial charge in [-0.1, -0.05) is 18.2 Å². The molecule has 0 aliphatic heterocycles. The molecule has 0 aliphatic rings. The zero-order valence-electron chi connectivity index (χ0n) is 17.5. The molecule has 6 heteroatoms. The lowest BCUT2D eigenvalue weighted by Crippen LogP contribution is -2.43. The van der Waals surface area contributed by atoms with Crippen molar-refractivity contribution in [2.24, 2.45) is 0 Å². The number of carbonyl (C=O) groups is 1. The third-order valence-corrected chi connectivity index (χ3v) is 5.05. The van der Waals surface area contributed by atoms with Crippen molar-refractivity contribution in [3.05, 3.63) is 59.4 Å². The summed E-state index contributed by atoms with van der Waals surface area (Å²) in [7, 11) is 4.59. The molecule has 1 aromatic heterocycles. The molecule has 0 unspecified atom stereocenters. The van der Waals surface area contributed by atoms with E-state index >= 15 is 0 Å². The predicted molar refractivity (Wildman–Crippen MR) is 112 cm³/mol. The van der Waals surface area contributed by atoms with Crippen molar-refractivity contribution in [2.75, 3.05) is 21.3 Å². The van der Waals surface area contributed by atoms with Gasteiger partial charge in [0.05, 0.1) is 26.7 Å². The van der Waals surface area contributed by atoms with Crippen LogP contribution in [0, 0.1) is 6.92 Å². The Kier molecular flexibility index (Phi) is 6.22. The summed E-state index contributed by atoms with van der Waals surface area (Å²) >= 11 is 0. The van der Waals surface area contributed by atoms with E-state index < -0.39 is 0 Å². The average Bonchev–Trinajstić information content (AvgIpc) is 2.75. The third kappa shape index (κ3) is 3.97. The monoisotopic (exact) mass is 395 g/mol. The van der Waals surface area contributed by atoms with E-state index in [1.807, 2.05) is 12.1 Å². The molecule has 0 atom stereocenters. The average molecular weight is 395 g/mol. The molecule has 29 heavy (non-hydrogen) atoms. The summed E-state index contributed by atoms with van der Waals surface area (Å²) < 4.78 is 18.3. The smallest absolute Gasteiger partial charge is 0.252 e. The van der Waals surface area contributed by atoms with E-state index in [9.17, 15) is 4.79 Å². The summed E-state index contributed by atoms with van der Waals surface area (Å²) in [5.74, 6) is 1.14. The highest BCUT2D eigenvalue weighted by atomic mass is 16.5. The Hall–Kier alpha value is -3.28. The van der Waals surface area contributed by atoms with E-state index in [1.54, 1.807) is 12.1 Å². The fraction of sp³-hybridized carbons (Fsp3) is 0.304. The summed E-state index contributed by atoms with van der Waals surface area (Å²) in [6.45, 7) is 5.42. The van der Waals surface area contributed by atoms with Crippen LogP contribution in [0.25, 0.3) is 10.8 Å². The topological polar surface area (TPSA) is 60.7 Å². The number of rotatable bonds is 7. The van der Waals surface area contributed by atoms with Crippen LogP contribution in [0.15, 0.2) is 42.5 Å². The highest BCUT2D eigenvalue weighted by molar-refractivity contribution is 5.96. The molecule has 3 rings (SSSR count). The van der Waals surface area contributed by atoms with Gasteiger partial charge in [0, 0.05) is 18.6 Å². The number of carbonyl (C=O) groups excluding carboxylic acids is 1. The maximum atomic E-state index is 12.9. The summed E-state index contributed by atoms with van der Waals surface area (Å²) in [5, 5.41) is 5.33. The van der Waals surface area contributed by atoms with Crippen LogP contribution < -0.4 is 24.1 Å². The Balaban J connectivity index is 1.94. The first kappa shape index (κ1) is 20.5. The van der Waals surface area contributed by atoms with Crippen LogP contribution in [0.5, 0.6) is 17.2 Å². The Labute approximate surface area is 171 Å². The summed E-state index contributed by atoms with van der Waals surface area (Å²) in [5.41, 5.74) is 2.67. The van der Waals surface area contributed by atoms with Crippen LogP contribution in [0.3, 0.4) is 0 Å². The summed E-state index contributed by atoms with van der Waals surface area (Å²) in [6, 6.07) is 13.7. The Morgan fingerprint density at radius 3 is 2.24 bits per heavy atom. The van der Waals surface area contributed by atoms with Gasteiger partial charge >= 0.3 is 0 Å². The molecular weight excluding hydrogens is 368 g/mol. The summed E-state index contributed by atoms with van der Waals surface area (Å²) in [4.78, 5) is 12.9. The molecule has 6 nitrogen and oxygen atoms in total. The molecular formula is C23H27N2O4+. The van der Waals surface area contributed by atoms with Gasteiger partial charge in [0.15, 0.2) is 17.2 Å². The molecule has 0 bridgehead atoms. The molecule has 0 saturated heterocycles. The molecule has 1 heterocycles. The van der Waals surface area contributed by atoms with Crippen LogP contribution in [0.4, 0.5) is 0 Å². The first-order valence-corrected chi connectivity index (χ1v) is 9.53. The Morgan fingerprint density at radius 1 is 1.00 bits per heavy atom. The molecule has 0 fully saturated rings. The van der Waals surface area contributed by atoms with Crippen LogP contribution in [0.2, 0.25) is 0 Å². The molecule has 0 aliphatic carbocycles. The van der Waals surface area contributed by atoms with Crippen molar-refractivity contribution in [2.45, 2.75) is 26.9 Å². The van der Waals surface area contributed by atoms with Crippen LogP contribution >= 0.6 is 0 Å². The minimum atomic E-state index is -0.211. The minimum absolute atomic E-state index is 0.211. The number of methoxy groups -OCH3 is 3. The second kappa shape index (κ2) is 8.82. The molecule has 0 radical (unpaired) electrons. The highest BCUT2D eigenvalue weighted by Crippen LogP contribution is 2.38. The normalized spacial score (nSPS) is 10.7. The van der Waals surface area contributed by atoms with Crippen molar-refractivity contribution >= 4 is 16.7 Å². The molecule has 1 N–H and O–H groups in total. The molecule has 2 aromatic carbocycles. The van der Waals surface area contributed by atoms with E-state index in [0.29, 0.717) is 29.4 Å². The van der Waals surface area contributed by atoms with Crippen molar-refractivity contribution in [3.63, 3.8) is 0 Å². The van der Waals surface area contributed by atoms with Crippen molar-refractivity contribution in [1.29, 1.82) is 0 Å². The van der Waals surface area contributed by atoms with Gasteiger partial charge in [-0.2, -0.15) is 4.57 Å². The van der Waals surface area contributed by atoms with Crippen LogP contribution in [0.1, 0.15) is 28.7 Å². The van der Waals surface area contributed by atoms with Gasteiger partial charge in [-0.05, 0) is 30.5 Å². The van der Waals surface area contributed by atoms with Gasteiger partial charge in [0.1, 0.15) is 13.1 Å². The van der Waals surface area contributed by atoms with E-state index in [1.165, 1.54) is 21.3 Å². The van der Waals surface area contributed by atoms with Crippen LogP contribution in [-0.4, -0.2) is 27.2 Å². The quantitative estimate of drug-likeness (QED) is 0.623. The van der Waals surface area contributed by atoms with Crippen molar-refractivity contribution in [3.8, 4) is 17.2 Å². The minimum Gasteiger partial charge on any atom is -0.493 e. The van der Waals surface area contributed by atoms with Gasteiger partial charge in [-0.25, -0.2) is 0 Å². The SMILES string of the molecule is CC[n+]1c(C)cc2ccccc2c1CNC(=O)c1cc(OC)c(OC)c(OC)c1. The van der Waals surface area contributed by atoms with Crippen molar-refractivity contribution in [1.82, 2.24) is 5.32 Å². The lowest BCUT2D eigenvalue weighted by molar-refractivity contribution is -0.705. The van der Waals surface area contributed by atoms with E-state index in [2.05, 4.69) is 41.9 Å². The predicted octanol–water partition coefficient (Wildman–Crippen LogP) is 3.41. The van der Waals surface area contributed by atoms with Gasteiger partial charge in [-0.15, -0.1) is 0 Å². The maximum Gasteiger partial charge on any atom is 0.252 e. The second-order valence-electron chi connectivity index (χ2n) is 6.66. The van der Waals surface area contributed by atoms with Gasteiger partial charge < -0.3 is 19.5 Å². The number of aromatic nitrogens is 1. The number of amides is 1. The lowest BCUT2D eigenvalue weighted by atomic mass is 10.1. The van der Waals surface area contributed by atoms with Gasteiger partial charge in [0.2, 0.25) is 11.4 Å². The molecule has 1 amide bonds. The van der Waals surface area contributed by atoms with Gasteiger partial charge in [-0.3, -0.25) is 4.79 Å². The second-order valence-corrected chi connectivity index (χ2v) is 6.66. The number of aryl methyl sites for hydroxylation is 1. The molecule has 0 spiro atoms. The number of nitrogens with one attached hydrogen (secondary N) is 1. The first-order valence-electron chi connectivity index (χ1n) is 9.53. The van der Waals surface area contributed by atoms with Crippen LogP contribution in [-0.2, 0) is 13.1 Å². The van der Waals surface area contributed by atoms with E-state index in [0.717, 1.165) is 28.7 Å². The zero-order chi connectivity index (χ0) is 21.0. The number of fused-ring (bicyclic) bond motifs is 1. The number of hydrogen-bond donors (Lipinski definition) is 1. The number of pyridine rings is 1. The largest absolute Gasteiger partial charge is 0.493 e. The lowest BCUT2D eigenvalue weighted by Gasteiger charge is -2.14. The molecule has 3 aromatic rings. The third-order valence-electron chi connectivity index (χ3n) is 5.05. The number of nitrogens with zero attached hydrogens (tertiary/aromatic N) is 1. The molecule has 152 valence electrons. The number of ether oxygens (including phenoxy) is 3. The standard InChI is InChI=1S/C23H26N2O4/c1-6-25-15(2)11-16-9-7-8-10-18(16)19(25)14-24-23(26)17-12-20(27-3)22(29-5)21(13-17)28-4/h7-13H,6,14H2,1-5H3/p+1. The molecule has 0 saturated carbocycles. The summed E-state index contributed by atoms with van der Waals surface area (Å²) in [6.07, 6.45) is 0. The Morgan fingerprint density at radius 2 is 1.66 bits per heavy atom. The van der Waals surface area contributed by atoms with E-state index in [4.69, 9.17) is 14.2 Å². The highest BCUT2D eigenvalue weighted by Gasteiger charge is 2.20. The maximum absolute atomic E-state index is 12.9. The van der Waals surface area contributed by atoms with E-state index in [-0.39, 0.29) is 5.91 Å². The number of hydrogen-bond acceptors (Lipinski definition) is 4. The number of benzene rings is 2. The first-order chi connectivity index (χ1) is 14.0. The Bertz CT molecular complexity index is 1020.